The largest absolute Gasteiger partial charge is 0.492 e. The predicted molar refractivity (Wildman–Crippen MR) is 136 cm³/mol. The van der Waals surface area contributed by atoms with Crippen LogP contribution in [0.15, 0.2) is 30.3 Å². The summed E-state index contributed by atoms with van der Waals surface area (Å²) in [7, 11) is 1.62. The summed E-state index contributed by atoms with van der Waals surface area (Å²) in [5.74, 6) is -1.19. The second-order valence-corrected chi connectivity index (χ2v) is 10.7. The number of carboxylic acids is 1. The molecule has 5 rings (SSSR count). The van der Waals surface area contributed by atoms with Gasteiger partial charge in [-0.1, -0.05) is 13.0 Å². The first-order chi connectivity index (χ1) is 17.7. The van der Waals surface area contributed by atoms with E-state index in [-0.39, 0.29) is 52.7 Å². The molecule has 2 aromatic carbocycles. The number of nitrogens with zero attached hydrogens (tertiary/aromatic N) is 3. The van der Waals surface area contributed by atoms with E-state index in [2.05, 4.69) is 4.90 Å². The van der Waals surface area contributed by atoms with Crippen molar-refractivity contribution in [2.75, 3.05) is 31.0 Å². The maximum Gasteiger partial charge on any atom is 0.341 e. The van der Waals surface area contributed by atoms with Crippen molar-refractivity contribution in [2.45, 2.75) is 44.7 Å². The molecule has 37 heavy (non-hydrogen) atoms. The van der Waals surface area contributed by atoms with E-state index in [1.807, 2.05) is 6.92 Å². The minimum atomic E-state index is -2.70. The number of carbonyl (C=O) groups excluding carboxylic acids is 1. The first kappa shape index (κ1) is 25.6. The average molecular weight is 532 g/mol. The molecule has 9 nitrogen and oxygen atoms in total. The Morgan fingerprint density at radius 2 is 2.00 bits per heavy atom. The van der Waals surface area contributed by atoms with Crippen LogP contribution in [0.3, 0.4) is 0 Å². The van der Waals surface area contributed by atoms with E-state index < -0.39 is 23.1 Å². The van der Waals surface area contributed by atoms with Crippen LogP contribution >= 0.6 is 0 Å². The summed E-state index contributed by atoms with van der Waals surface area (Å²) in [6.07, 6.45) is 2.57. The molecule has 0 aromatic heterocycles. The van der Waals surface area contributed by atoms with Crippen molar-refractivity contribution in [1.82, 2.24) is 9.80 Å². The van der Waals surface area contributed by atoms with Crippen LogP contribution in [0.4, 0.5) is 15.8 Å². The number of aromatic carboxylic acids is 1. The van der Waals surface area contributed by atoms with E-state index in [1.165, 1.54) is 23.1 Å². The zero-order chi connectivity index (χ0) is 26.4. The molecule has 2 fully saturated rings. The van der Waals surface area contributed by atoms with E-state index in [0.717, 1.165) is 48.3 Å². The standard InChI is InChI=1S/C26H30FN3O6S/c1-3-29-10-4-5-22(29)25(31)28(2)13-15-11-17(27)6-8-20(15)30(37(34)35)21-9-7-18-19-12-16(19)14-36-24(18)23(21)26(32)33/h6-9,11,16,19,22H,3-5,10,12-14H2,1-2H3,(H,32,33)(H,34,35)/t16?,19?,22-/m0/s1. The van der Waals surface area contributed by atoms with Gasteiger partial charge in [0.2, 0.25) is 5.91 Å². The number of halogens is 1. The van der Waals surface area contributed by atoms with Crippen molar-refractivity contribution in [3.8, 4) is 5.75 Å². The molecule has 0 bridgehead atoms. The van der Waals surface area contributed by atoms with Gasteiger partial charge in [0.05, 0.1) is 24.0 Å². The van der Waals surface area contributed by atoms with Gasteiger partial charge in [0.1, 0.15) is 17.1 Å². The fraction of sp³-hybridized carbons (Fsp3) is 0.462. The zero-order valence-corrected chi connectivity index (χ0v) is 21.5. The van der Waals surface area contributed by atoms with E-state index in [9.17, 15) is 27.8 Å². The highest BCUT2D eigenvalue weighted by Crippen LogP contribution is 2.56. The molecule has 1 saturated heterocycles. The average Bonchev–Trinajstić information content (AvgIpc) is 3.51. The quantitative estimate of drug-likeness (QED) is 0.500. The summed E-state index contributed by atoms with van der Waals surface area (Å²) >= 11 is -2.70. The number of carboxylic acid groups (broad SMARTS) is 1. The SMILES string of the molecule is CCN1CCC[C@H]1C(=O)N(C)Cc1cc(F)ccc1N(c1ccc2c(c1C(=O)O)OCC1CC21)S(=O)O. The molecule has 0 radical (unpaired) electrons. The van der Waals surface area contributed by atoms with Crippen LogP contribution in [0, 0.1) is 11.7 Å². The number of fused-ring (bicyclic) bond motifs is 3. The summed E-state index contributed by atoms with van der Waals surface area (Å²) in [6, 6.07) is 6.64. The number of ether oxygens (including phenoxy) is 1. The molecule has 2 N–H and O–H groups in total. The van der Waals surface area contributed by atoms with E-state index in [1.54, 1.807) is 13.1 Å². The molecule has 1 saturated carbocycles. The first-order valence-corrected chi connectivity index (χ1v) is 13.5. The second-order valence-electron chi connectivity index (χ2n) is 9.88. The lowest BCUT2D eigenvalue weighted by Gasteiger charge is -2.30. The molecule has 2 aromatic rings. The van der Waals surface area contributed by atoms with Gasteiger partial charge >= 0.3 is 5.97 Å². The molecule has 4 atom stereocenters. The molecule has 3 aliphatic rings. The highest BCUT2D eigenvalue weighted by atomic mass is 32.2. The van der Waals surface area contributed by atoms with Crippen LogP contribution in [0.2, 0.25) is 0 Å². The Hall–Kier alpha value is -3.02. The zero-order valence-electron chi connectivity index (χ0n) is 20.7. The van der Waals surface area contributed by atoms with Crippen molar-refractivity contribution >= 4 is 34.5 Å². The van der Waals surface area contributed by atoms with Crippen molar-refractivity contribution in [1.29, 1.82) is 0 Å². The molecular weight excluding hydrogens is 501 g/mol. The number of likely N-dealkylation sites (tertiary alicyclic amines) is 1. The number of rotatable bonds is 8. The predicted octanol–water partition coefficient (Wildman–Crippen LogP) is 3.74. The number of hydrogen-bond acceptors (Lipinski definition) is 5. The topological polar surface area (TPSA) is 111 Å². The second kappa shape index (κ2) is 10.0. The van der Waals surface area contributed by atoms with E-state index >= 15 is 0 Å². The number of amides is 1. The van der Waals surface area contributed by atoms with Crippen LogP contribution in [-0.4, -0.2) is 68.3 Å². The van der Waals surface area contributed by atoms with Gasteiger partial charge in [-0.2, -0.15) is 0 Å². The van der Waals surface area contributed by atoms with Crippen molar-refractivity contribution in [3.05, 3.63) is 52.8 Å². The molecule has 198 valence electrons. The molecule has 1 aliphatic carbocycles. The van der Waals surface area contributed by atoms with Gasteiger partial charge < -0.3 is 14.7 Å². The lowest BCUT2D eigenvalue weighted by molar-refractivity contribution is -0.135. The lowest BCUT2D eigenvalue weighted by atomic mass is 9.99. The van der Waals surface area contributed by atoms with Crippen LogP contribution in [-0.2, 0) is 22.6 Å². The van der Waals surface area contributed by atoms with Gasteiger partial charge in [-0.15, -0.1) is 0 Å². The molecule has 2 heterocycles. The van der Waals surface area contributed by atoms with Gasteiger partial charge in [0.25, 0.3) is 11.3 Å². The molecular formula is C26H30FN3O6S. The Morgan fingerprint density at radius 3 is 2.70 bits per heavy atom. The fourth-order valence-electron chi connectivity index (χ4n) is 5.66. The Balaban J connectivity index is 1.53. The summed E-state index contributed by atoms with van der Waals surface area (Å²) < 4.78 is 44.2. The molecule has 11 heteroatoms. The fourth-order valence-corrected chi connectivity index (χ4v) is 6.33. The van der Waals surface area contributed by atoms with Crippen molar-refractivity contribution < 1.29 is 32.6 Å². The van der Waals surface area contributed by atoms with E-state index in [0.29, 0.717) is 12.5 Å². The minimum Gasteiger partial charge on any atom is -0.492 e. The number of hydrogen-bond donors (Lipinski definition) is 2. The maximum absolute atomic E-state index is 14.4. The van der Waals surface area contributed by atoms with Gasteiger partial charge in [-0.25, -0.2) is 17.7 Å². The first-order valence-electron chi connectivity index (χ1n) is 12.4. The monoisotopic (exact) mass is 531 g/mol. The third-order valence-electron chi connectivity index (χ3n) is 7.62. The minimum absolute atomic E-state index is 0.0265. The van der Waals surface area contributed by atoms with E-state index in [4.69, 9.17) is 4.74 Å². The molecule has 1 amide bonds. The number of carbonyl (C=O) groups is 2. The molecule has 2 aliphatic heterocycles. The third kappa shape index (κ3) is 4.71. The third-order valence-corrected chi connectivity index (χ3v) is 8.32. The smallest absolute Gasteiger partial charge is 0.341 e. The number of anilines is 2. The summed E-state index contributed by atoms with van der Waals surface area (Å²) in [5.41, 5.74) is 0.929. The van der Waals surface area contributed by atoms with Crippen molar-refractivity contribution in [3.63, 3.8) is 0 Å². The van der Waals surface area contributed by atoms with Crippen LogP contribution in [0.1, 0.15) is 53.6 Å². The molecule has 3 unspecified atom stereocenters. The number of benzene rings is 2. The van der Waals surface area contributed by atoms with Crippen LogP contribution in [0.5, 0.6) is 5.75 Å². The highest BCUT2D eigenvalue weighted by molar-refractivity contribution is 7.81. The Labute approximate surface area is 217 Å². The van der Waals surface area contributed by atoms with Gasteiger partial charge in [-0.05, 0) is 73.7 Å². The molecule has 0 spiro atoms. The number of likely N-dealkylation sites (N-methyl/N-ethyl adjacent to an activating group) is 2. The Morgan fingerprint density at radius 1 is 1.24 bits per heavy atom. The van der Waals surface area contributed by atoms with Gasteiger partial charge in [0, 0.05) is 19.5 Å². The maximum atomic E-state index is 14.4. The van der Waals surface area contributed by atoms with Crippen molar-refractivity contribution in [2.24, 2.45) is 5.92 Å². The van der Waals surface area contributed by atoms with Crippen LogP contribution in [0.25, 0.3) is 0 Å². The highest BCUT2D eigenvalue weighted by Gasteiger charge is 2.46. The summed E-state index contributed by atoms with van der Waals surface area (Å²) in [4.78, 5) is 29.2. The Bertz CT molecular complexity index is 1270. The van der Waals surface area contributed by atoms with Gasteiger partial charge in [0.15, 0.2) is 0 Å². The van der Waals surface area contributed by atoms with Crippen LogP contribution < -0.4 is 9.04 Å². The summed E-state index contributed by atoms with van der Waals surface area (Å²) in [6.45, 7) is 3.95. The Kier molecular flexibility index (Phi) is 6.95. The normalized spacial score (nSPS) is 23.0. The lowest BCUT2D eigenvalue weighted by Crippen LogP contribution is -2.43. The van der Waals surface area contributed by atoms with Gasteiger partial charge in [-0.3, -0.25) is 14.2 Å². The summed E-state index contributed by atoms with van der Waals surface area (Å²) in [5, 5.41) is 10.1.